The van der Waals surface area contributed by atoms with E-state index >= 15 is 0 Å². The van der Waals surface area contributed by atoms with Crippen molar-refractivity contribution in [2.24, 2.45) is 23.2 Å². The van der Waals surface area contributed by atoms with E-state index in [-0.39, 0.29) is 31.8 Å². The van der Waals surface area contributed by atoms with Crippen molar-refractivity contribution >= 4 is 47.4 Å². The highest BCUT2D eigenvalue weighted by Crippen LogP contribution is 2.64. The van der Waals surface area contributed by atoms with E-state index < -0.39 is 106 Å². The van der Waals surface area contributed by atoms with Gasteiger partial charge in [0.25, 0.3) is 0 Å². The van der Waals surface area contributed by atoms with Crippen molar-refractivity contribution < 1.29 is 67.0 Å². The molecule has 14 nitrogen and oxygen atoms in total. The molecule has 0 bridgehead atoms. The van der Waals surface area contributed by atoms with Gasteiger partial charge in [-0.1, -0.05) is 32.9 Å². The molecule has 2 aliphatic heterocycles. The summed E-state index contributed by atoms with van der Waals surface area (Å²) < 4.78 is 41.5. The van der Waals surface area contributed by atoms with Gasteiger partial charge in [0, 0.05) is 40.0 Å². The number of halogens is 1. The van der Waals surface area contributed by atoms with Crippen molar-refractivity contribution in [3.05, 3.63) is 12.2 Å². The topological polar surface area (TPSA) is 191 Å². The molecule has 0 aromatic carbocycles. The van der Waals surface area contributed by atoms with E-state index in [0.717, 1.165) is 20.8 Å². The van der Waals surface area contributed by atoms with Gasteiger partial charge in [0.05, 0.1) is 23.3 Å². The largest absolute Gasteiger partial charge is 0.462 e. The molecule has 4 fully saturated rings. The first-order valence-electron chi connectivity index (χ1n) is 16.0. The number of rotatable bonds is 7. The molecule has 48 heavy (non-hydrogen) atoms. The fraction of sp³-hybridized carbons (Fsp3) is 0.758. The Morgan fingerprint density at radius 1 is 0.938 bits per heavy atom. The van der Waals surface area contributed by atoms with Gasteiger partial charge in [0.15, 0.2) is 30.0 Å². The van der Waals surface area contributed by atoms with Crippen LogP contribution in [0, 0.1) is 23.2 Å². The summed E-state index contributed by atoms with van der Waals surface area (Å²) in [5, 5.41) is 11.6. The second-order valence-corrected chi connectivity index (χ2v) is 14.4. The first kappa shape index (κ1) is 37.6. The molecule has 0 aromatic heterocycles. The van der Waals surface area contributed by atoms with E-state index in [1.165, 1.54) is 13.8 Å². The van der Waals surface area contributed by atoms with Crippen LogP contribution in [0.5, 0.6) is 0 Å². The van der Waals surface area contributed by atoms with Crippen LogP contribution in [0.15, 0.2) is 12.2 Å². The predicted molar refractivity (Wildman–Crippen MR) is 164 cm³/mol. The molecule has 0 amide bonds. The molecule has 2 saturated carbocycles. The maximum Gasteiger partial charge on any atom is 0.312 e. The molecule has 4 aliphatic rings. The number of fused-ring (bicyclic) bond motifs is 3. The van der Waals surface area contributed by atoms with E-state index in [2.05, 4.69) is 6.58 Å². The van der Waals surface area contributed by atoms with Gasteiger partial charge in [0.1, 0.15) is 17.8 Å². The third-order valence-electron chi connectivity index (χ3n) is 9.98. The van der Waals surface area contributed by atoms with Gasteiger partial charge in [-0.05, 0) is 25.7 Å². The number of hydrogen-bond donors (Lipinski definition) is 1. The average Bonchev–Trinajstić information content (AvgIpc) is 3.71. The van der Waals surface area contributed by atoms with Crippen molar-refractivity contribution in [3.8, 4) is 0 Å². The summed E-state index contributed by atoms with van der Waals surface area (Å²) in [4.78, 5) is 77.9. The second-order valence-electron chi connectivity index (χ2n) is 13.9. The van der Waals surface area contributed by atoms with Crippen molar-refractivity contribution in [1.29, 1.82) is 0 Å². The average molecular weight is 701 g/mol. The van der Waals surface area contributed by atoms with E-state index in [1.807, 2.05) is 0 Å². The minimum Gasteiger partial charge on any atom is -0.462 e. The van der Waals surface area contributed by atoms with Gasteiger partial charge in [0.2, 0.25) is 0 Å². The zero-order valence-corrected chi connectivity index (χ0v) is 29.2. The molecule has 268 valence electrons. The van der Waals surface area contributed by atoms with Gasteiger partial charge < -0.3 is 38.3 Å². The molecule has 4 rings (SSSR count). The van der Waals surface area contributed by atoms with Gasteiger partial charge in [-0.2, -0.15) is 0 Å². The van der Waals surface area contributed by atoms with Crippen molar-refractivity contribution in [2.75, 3.05) is 6.61 Å². The SMILES string of the molecule is C=C1CC[C@H](OC(C)=O)[C@@]2(C)[C@@H](OC(C)=O)[C@@H](OC(=O)CC(C)C)[C@@H](OC(C)=O)[C@]3(CO3)[C@@H]2C(OC(C)=O)[C@]2(O)[C@@H](C)C(=O)O[C@H]2[C@H]1Cl. The molecule has 2 aliphatic carbocycles. The summed E-state index contributed by atoms with van der Waals surface area (Å²) in [5.41, 5.74) is -5.54. The lowest BCUT2D eigenvalue weighted by atomic mass is 9.51. The van der Waals surface area contributed by atoms with Crippen molar-refractivity contribution in [2.45, 2.75) is 128 Å². The third-order valence-corrected chi connectivity index (χ3v) is 10.5. The summed E-state index contributed by atoms with van der Waals surface area (Å²) in [5.74, 6) is -7.70. The minimum absolute atomic E-state index is 0.00515. The van der Waals surface area contributed by atoms with Crippen molar-refractivity contribution in [3.63, 3.8) is 0 Å². The molecule has 12 atom stereocenters. The molecule has 2 saturated heterocycles. The maximum absolute atomic E-state index is 13.3. The van der Waals surface area contributed by atoms with Gasteiger partial charge in [-0.3, -0.25) is 28.8 Å². The Hall–Kier alpha value is -3.23. The number of aliphatic hydroxyl groups is 1. The van der Waals surface area contributed by atoms with E-state index in [0.29, 0.717) is 5.57 Å². The number of carbonyl (C=O) groups excluding carboxylic acids is 6. The van der Waals surface area contributed by atoms with E-state index in [4.69, 9.17) is 44.8 Å². The smallest absolute Gasteiger partial charge is 0.312 e. The minimum atomic E-state index is -2.39. The lowest BCUT2D eigenvalue weighted by molar-refractivity contribution is -0.285. The summed E-state index contributed by atoms with van der Waals surface area (Å²) in [6.45, 7) is 14.9. The zero-order chi connectivity index (χ0) is 36.1. The number of carbonyl (C=O) groups is 6. The first-order chi connectivity index (χ1) is 22.2. The van der Waals surface area contributed by atoms with E-state index in [1.54, 1.807) is 20.8 Å². The maximum atomic E-state index is 13.3. The van der Waals surface area contributed by atoms with Crippen LogP contribution in [0.25, 0.3) is 0 Å². The van der Waals surface area contributed by atoms with Crippen LogP contribution >= 0.6 is 11.6 Å². The molecule has 0 aromatic rings. The Morgan fingerprint density at radius 3 is 1.96 bits per heavy atom. The highest BCUT2D eigenvalue weighted by Gasteiger charge is 2.81. The standard InChI is InChI=1S/C33H45ClO14/c1-14(2)12-22(39)47-24-27(44-18(6)36)31(9)21(43-17(5)35)11-10-15(3)23(34)26-33(41,16(4)30(40)48-26)29(46-20(8)38)25(31)32(13-42-32)28(24)45-19(7)37/h14,16,21,23-29,41H,3,10-13H2,1-2,4-9H3/t16-,21-,23-,24+,25+,26-,27-,28+,29?,31+,32-,33-/m0/s1. The number of epoxide rings is 1. The van der Waals surface area contributed by atoms with Gasteiger partial charge in [-0.15, -0.1) is 11.6 Å². The number of hydrogen-bond acceptors (Lipinski definition) is 14. The number of esters is 6. The highest BCUT2D eigenvalue weighted by molar-refractivity contribution is 6.23. The molecule has 1 spiro atoms. The highest BCUT2D eigenvalue weighted by atomic mass is 35.5. The van der Waals surface area contributed by atoms with Crippen LogP contribution in [0.4, 0.5) is 0 Å². The molecular formula is C33H45ClO14. The molecule has 15 heteroatoms. The van der Waals surface area contributed by atoms with Crippen LogP contribution < -0.4 is 0 Å². The fourth-order valence-corrected chi connectivity index (χ4v) is 8.23. The molecule has 0 radical (unpaired) electrons. The summed E-state index contributed by atoms with van der Waals surface area (Å²) >= 11 is 6.85. The lowest BCUT2D eigenvalue weighted by Gasteiger charge is -2.60. The predicted octanol–water partition coefficient (Wildman–Crippen LogP) is 2.33. The first-order valence-corrected chi connectivity index (χ1v) is 16.4. The number of ether oxygens (including phenoxy) is 7. The van der Waals surface area contributed by atoms with Crippen LogP contribution in [0.2, 0.25) is 0 Å². The molecular weight excluding hydrogens is 656 g/mol. The Balaban J connectivity index is 2.12. The van der Waals surface area contributed by atoms with Crippen LogP contribution in [-0.2, 0) is 61.9 Å². The lowest BCUT2D eigenvalue weighted by Crippen LogP contribution is -2.76. The Kier molecular flexibility index (Phi) is 10.6. The zero-order valence-electron chi connectivity index (χ0n) is 28.4. The molecule has 2 heterocycles. The quantitative estimate of drug-likeness (QED) is 0.134. The normalized spacial score (nSPS) is 40.5. The Labute approximate surface area is 284 Å². The fourth-order valence-electron chi connectivity index (χ4n) is 7.87. The van der Waals surface area contributed by atoms with Crippen LogP contribution in [0.3, 0.4) is 0 Å². The number of alkyl halides is 1. The van der Waals surface area contributed by atoms with Crippen LogP contribution in [-0.4, -0.2) is 101 Å². The summed E-state index contributed by atoms with van der Waals surface area (Å²) in [6.07, 6.45) is -9.07. The van der Waals surface area contributed by atoms with Crippen LogP contribution in [0.1, 0.15) is 74.7 Å². The molecule has 1 unspecified atom stereocenters. The third kappa shape index (κ3) is 6.55. The molecule has 1 N–H and O–H groups in total. The Morgan fingerprint density at radius 2 is 1.46 bits per heavy atom. The Bertz CT molecular complexity index is 1360. The summed E-state index contributed by atoms with van der Waals surface area (Å²) in [7, 11) is 0. The van der Waals surface area contributed by atoms with Crippen molar-refractivity contribution in [1.82, 2.24) is 0 Å². The van der Waals surface area contributed by atoms with Gasteiger partial charge in [-0.25, -0.2) is 0 Å². The van der Waals surface area contributed by atoms with E-state index in [9.17, 15) is 33.9 Å². The van der Waals surface area contributed by atoms with Gasteiger partial charge >= 0.3 is 35.8 Å². The summed E-state index contributed by atoms with van der Waals surface area (Å²) in [6, 6.07) is 0. The monoisotopic (exact) mass is 700 g/mol. The second kappa shape index (κ2) is 13.6.